The number of benzene rings is 2. The zero-order chi connectivity index (χ0) is 22.1. The molecule has 7 nitrogen and oxygen atoms in total. The fourth-order valence-electron chi connectivity index (χ4n) is 3.36. The van der Waals surface area contributed by atoms with Gasteiger partial charge in [-0.15, -0.1) is 24.0 Å². The topological polar surface area (TPSA) is 83.0 Å². The summed E-state index contributed by atoms with van der Waals surface area (Å²) in [5, 5.41) is 6.46. The Bertz CT molecular complexity index is 981. The van der Waals surface area contributed by atoms with Crippen LogP contribution in [0.1, 0.15) is 16.7 Å². The Labute approximate surface area is 206 Å². The predicted molar refractivity (Wildman–Crippen MR) is 135 cm³/mol. The molecule has 0 aromatic heterocycles. The highest BCUT2D eigenvalue weighted by Crippen LogP contribution is 2.16. The van der Waals surface area contributed by atoms with Crippen LogP contribution in [0.2, 0.25) is 0 Å². The van der Waals surface area contributed by atoms with Crippen molar-refractivity contribution in [3.63, 3.8) is 0 Å². The standard InChI is InChI=1S/C22H29FN4O3S.HI/c1-24-22(25-11-10-18-6-8-21(23)9-7-18)26-16-19-4-2-3-5-20(19)17-31(28,29)27-12-14-30-15-13-27;/h2-9H,10-17H2,1H3,(H2,24,25,26);1H. The highest BCUT2D eigenvalue weighted by molar-refractivity contribution is 14.0. The van der Waals surface area contributed by atoms with Crippen LogP contribution in [0.3, 0.4) is 0 Å². The Morgan fingerprint density at radius 2 is 1.72 bits per heavy atom. The number of nitrogens with zero attached hydrogens (tertiary/aromatic N) is 2. The van der Waals surface area contributed by atoms with E-state index in [9.17, 15) is 12.8 Å². The number of nitrogens with one attached hydrogen (secondary N) is 2. The smallest absolute Gasteiger partial charge is 0.218 e. The van der Waals surface area contributed by atoms with Gasteiger partial charge in [0.1, 0.15) is 5.82 Å². The van der Waals surface area contributed by atoms with Crippen molar-refractivity contribution in [2.24, 2.45) is 4.99 Å². The molecule has 1 saturated heterocycles. The number of hydrogen-bond acceptors (Lipinski definition) is 4. The Kier molecular flexibility index (Phi) is 10.8. The van der Waals surface area contributed by atoms with Gasteiger partial charge in [0.2, 0.25) is 10.0 Å². The summed E-state index contributed by atoms with van der Waals surface area (Å²) in [6.45, 7) is 2.74. The van der Waals surface area contributed by atoms with Crippen LogP contribution in [0.15, 0.2) is 53.5 Å². The maximum atomic E-state index is 13.0. The third-order valence-corrected chi connectivity index (χ3v) is 6.94. The summed E-state index contributed by atoms with van der Waals surface area (Å²) in [7, 11) is -1.72. The van der Waals surface area contributed by atoms with E-state index in [1.807, 2.05) is 24.3 Å². The van der Waals surface area contributed by atoms with E-state index in [-0.39, 0.29) is 35.5 Å². The van der Waals surface area contributed by atoms with E-state index in [2.05, 4.69) is 15.6 Å². The summed E-state index contributed by atoms with van der Waals surface area (Å²) in [6.07, 6.45) is 0.732. The van der Waals surface area contributed by atoms with E-state index in [0.717, 1.165) is 23.1 Å². The van der Waals surface area contributed by atoms with Gasteiger partial charge in [-0.3, -0.25) is 4.99 Å². The van der Waals surface area contributed by atoms with Crippen LogP contribution in [-0.4, -0.2) is 58.6 Å². The summed E-state index contributed by atoms with van der Waals surface area (Å²) < 4.78 is 45.3. The van der Waals surface area contributed by atoms with Gasteiger partial charge in [-0.1, -0.05) is 36.4 Å². The maximum Gasteiger partial charge on any atom is 0.218 e. The van der Waals surface area contributed by atoms with Crippen molar-refractivity contribution in [1.29, 1.82) is 0 Å². The fraction of sp³-hybridized carbons (Fsp3) is 0.409. The molecule has 1 aliphatic rings. The molecule has 2 aromatic rings. The van der Waals surface area contributed by atoms with E-state index in [1.165, 1.54) is 16.4 Å². The van der Waals surface area contributed by atoms with Crippen molar-refractivity contribution in [2.75, 3.05) is 39.9 Å². The Hall–Kier alpha value is -1.76. The van der Waals surface area contributed by atoms with Crippen LogP contribution in [0.5, 0.6) is 0 Å². The summed E-state index contributed by atoms with van der Waals surface area (Å²) in [6, 6.07) is 13.9. The molecular weight excluding hydrogens is 546 g/mol. The molecular formula is C22H30FIN4O3S. The summed E-state index contributed by atoms with van der Waals surface area (Å²) in [4.78, 5) is 4.22. The average Bonchev–Trinajstić information content (AvgIpc) is 2.78. The molecule has 0 spiro atoms. The fourth-order valence-corrected chi connectivity index (χ4v) is 4.92. The molecule has 0 bridgehead atoms. The van der Waals surface area contributed by atoms with Gasteiger partial charge in [0.25, 0.3) is 0 Å². The third-order valence-electron chi connectivity index (χ3n) is 5.11. The predicted octanol–water partition coefficient (Wildman–Crippen LogP) is 2.51. The van der Waals surface area contributed by atoms with Crippen molar-refractivity contribution >= 4 is 40.0 Å². The number of hydrogen-bond donors (Lipinski definition) is 2. The van der Waals surface area contributed by atoms with Crippen molar-refractivity contribution in [3.05, 3.63) is 71.0 Å². The first kappa shape index (κ1) is 26.5. The molecule has 1 aliphatic heterocycles. The average molecular weight is 576 g/mol. The van der Waals surface area contributed by atoms with Crippen LogP contribution in [0, 0.1) is 5.82 Å². The molecule has 10 heteroatoms. The van der Waals surface area contributed by atoms with E-state index >= 15 is 0 Å². The number of rotatable bonds is 8. The molecule has 0 aliphatic carbocycles. The lowest BCUT2D eigenvalue weighted by Gasteiger charge is -2.26. The van der Waals surface area contributed by atoms with Gasteiger partial charge < -0.3 is 15.4 Å². The number of sulfonamides is 1. The molecule has 2 N–H and O–H groups in total. The van der Waals surface area contributed by atoms with Gasteiger partial charge in [-0.05, 0) is 35.2 Å². The molecule has 0 saturated carbocycles. The summed E-state index contributed by atoms with van der Waals surface area (Å²) in [5.41, 5.74) is 2.70. The normalized spacial score (nSPS) is 15.1. The SMILES string of the molecule is CN=C(NCCc1ccc(F)cc1)NCc1ccccc1CS(=O)(=O)N1CCOCC1.I. The van der Waals surface area contributed by atoms with E-state index in [1.54, 1.807) is 19.2 Å². The second-order valence-corrected chi connectivity index (χ2v) is 9.23. The molecule has 1 fully saturated rings. The molecule has 0 atom stereocenters. The lowest BCUT2D eigenvalue weighted by atomic mass is 10.1. The lowest BCUT2D eigenvalue weighted by molar-refractivity contribution is 0.0729. The van der Waals surface area contributed by atoms with E-state index in [4.69, 9.17) is 4.74 Å². The minimum absolute atomic E-state index is 0. The quantitative estimate of drug-likeness (QED) is 0.287. The molecule has 2 aromatic carbocycles. The first-order valence-electron chi connectivity index (χ1n) is 10.3. The minimum Gasteiger partial charge on any atom is -0.379 e. The number of halogens is 2. The Morgan fingerprint density at radius 1 is 1.06 bits per heavy atom. The van der Waals surface area contributed by atoms with Gasteiger partial charge in [0, 0.05) is 33.2 Å². The van der Waals surface area contributed by atoms with Gasteiger partial charge in [-0.25, -0.2) is 12.8 Å². The zero-order valence-corrected chi connectivity index (χ0v) is 21.2. The lowest BCUT2D eigenvalue weighted by Crippen LogP contribution is -2.41. The van der Waals surface area contributed by atoms with E-state index in [0.29, 0.717) is 45.4 Å². The van der Waals surface area contributed by atoms with Gasteiger partial charge in [-0.2, -0.15) is 4.31 Å². The van der Waals surface area contributed by atoms with Crippen molar-refractivity contribution in [2.45, 2.75) is 18.7 Å². The van der Waals surface area contributed by atoms with E-state index < -0.39 is 10.0 Å². The van der Waals surface area contributed by atoms with Crippen LogP contribution < -0.4 is 10.6 Å². The minimum atomic E-state index is -3.40. The Morgan fingerprint density at radius 3 is 2.38 bits per heavy atom. The number of ether oxygens (including phenoxy) is 1. The monoisotopic (exact) mass is 576 g/mol. The van der Waals surface area contributed by atoms with Gasteiger partial charge >= 0.3 is 0 Å². The van der Waals surface area contributed by atoms with Gasteiger partial charge in [0.05, 0.1) is 19.0 Å². The zero-order valence-electron chi connectivity index (χ0n) is 18.1. The first-order valence-corrected chi connectivity index (χ1v) is 11.9. The number of aliphatic imine (C=N–C) groups is 1. The molecule has 3 rings (SSSR count). The first-order chi connectivity index (χ1) is 15.0. The van der Waals surface area contributed by atoms with Crippen LogP contribution >= 0.6 is 24.0 Å². The van der Waals surface area contributed by atoms with Crippen molar-refractivity contribution < 1.29 is 17.5 Å². The van der Waals surface area contributed by atoms with Crippen LogP contribution in [-0.2, 0) is 33.5 Å². The number of guanidine groups is 1. The van der Waals surface area contributed by atoms with Gasteiger partial charge in [0.15, 0.2) is 5.96 Å². The molecule has 0 radical (unpaired) electrons. The van der Waals surface area contributed by atoms with Crippen molar-refractivity contribution in [3.8, 4) is 0 Å². The largest absolute Gasteiger partial charge is 0.379 e. The second kappa shape index (κ2) is 13.1. The molecule has 32 heavy (non-hydrogen) atoms. The summed E-state index contributed by atoms with van der Waals surface area (Å²) in [5.74, 6) is 0.331. The highest BCUT2D eigenvalue weighted by Gasteiger charge is 2.25. The van der Waals surface area contributed by atoms with Crippen LogP contribution in [0.4, 0.5) is 4.39 Å². The molecule has 176 valence electrons. The third kappa shape index (κ3) is 7.98. The molecule has 0 unspecified atom stereocenters. The highest BCUT2D eigenvalue weighted by atomic mass is 127. The second-order valence-electron chi connectivity index (χ2n) is 7.27. The van der Waals surface area contributed by atoms with Crippen LogP contribution in [0.25, 0.3) is 0 Å². The molecule has 0 amide bonds. The number of morpholine rings is 1. The van der Waals surface area contributed by atoms with Crippen molar-refractivity contribution in [1.82, 2.24) is 14.9 Å². The maximum absolute atomic E-state index is 13.0. The molecule has 1 heterocycles. The summed E-state index contributed by atoms with van der Waals surface area (Å²) >= 11 is 0. The Balaban J connectivity index is 0.00000363.